The molecule has 7 nitrogen and oxygen atoms in total. The predicted molar refractivity (Wildman–Crippen MR) is 170 cm³/mol. The third-order valence-corrected chi connectivity index (χ3v) is 8.68. The predicted octanol–water partition coefficient (Wildman–Crippen LogP) is 7.21. The van der Waals surface area contributed by atoms with E-state index >= 15 is 0 Å². The first-order valence-corrected chi connectivity index (χ1v) is 15.8. The molecule has 2 N–H and O–H groups in total. The Morgan fingerprint density at radius 2 is 1.60 bits per heavy atom. The van der Waals surface area contributed by atoms with E-state index in [1.54, 1.807) is 30.2 Å². The van der Waals surface area contributed by atoms with E-state index in [2.05, 4.69) is 22.2 Å². The number of hydrogen-bond donors (Lipinski definition) is 2. The number of alkyl halides is 3. The number of benzene rings is 3. The quantitative estimate of drug-likeness (QED) is 0.112. The number of carbonyl (C=O) groups excluding carboxylic acids is 1. The SMILES string of the molecule is C[C@H]1[C@@H](CSc2ncccn2)O[C@@H](c2ccc(-c3cccc(CNC(=O)C(Cl)(Cl)Cl)c3)cc2)O[C@H]1c1ccc(CO)cc1. The van der Waals surface area contributed by atoms with Gasteiger partial charge >= 0.3 is 0 Å². The Morgan fingerprint density at radius 3 is 2.28 bits per heavy atom. The average Bonchev–Trinajstić information content (AvgIpc) is 3.03. The Balaban J connectivity index is 1.34. The number of aliphatic hydroxyl groups excluding tert-OH is 1. The summed E-state index contributed by atoms with van der Waals surface area (Å²) in [5.74, 6) is 0.0388. The van der Waals surface area contributed by atoms with Gasteiger partial charge in [-0.3, -0.25) is 4.79 Å². The van der Waals surface area contributed by atoms with Crippen LogP contribution in [0.25, 0.3) is 11.1 Å². The van der Waals surface area contributed by atoms with Crippen LogP contribution in [-0.2, 0) is 27.4 Å². The van der Waals surface area contributed by atoms with Crippen LogP contribution in [0.2, 0.25) is 0 Å². The lowest BCUT2D eigenvalue weighted by atomic mass is 9.91. The Bertz CT molecular complexity index is 1510. The number of thioether (sulfide) groups is 1. The molecule has 2 heterocycles. The molecule has 224 valence electrons. The van der Waals surface area contributed by atoms with E-state index < -0.39 is 16.0 Å². The Kier molecular flexibility index (Phi) is 10.6. The number of ether oxygens (including phenoxy) is 2. The molecule has 0 aliphatic carbocycles. The molecule has 0 bridgehead atoms. The number of aliphatic hydroxyl groups is 1. The maximum absolute atomic E-state index is 11.9. The number of halogens is 3. The molecule has 0 saturated carbocycles. The summed E-state index contributed by atoms with van der Waals surface area (Å²) < 4.78 is 11.1. The van der Waals surface area contributed by atoms with Crippen molar-refractivity contribution in [3.63, 3.8) is 0 Å². The standard InChI is InChI=1S/C32H30Cl3N3O4S/c1-20-27(19-43-31-36-14-3-15-37-31)41-29(42-28(20)24-8-6-21(18-39)7-9-24)25-12-10-23(11-13-25)26-5-2-4-22(16-26)17-38-30(40)32(33,34)35/h2-16,20,27-29,39H,17-19H2,1H3,(H,38,40)/t20-,27+,28+,29+/m0/s1. The fraction of sp³-hybridized carbons (Fsp3) is 0.281. The second-order valence-corrected chi connectivity index (χ2v) is 13.4. The highest BCUT2D eigenvalue weighted by Crippen LogP contribution is 2.43. The van der Waals surface area contributed by atoms with E-state index in [9.17, 15) is 9.90 Å². The molecular weight excluding hydrogens is 629 g/mol. The summed E-state index contributed by atoms with van der Waals surface area (Å²) in [6.07, 6.45) is 2.53. The molecule has 1 aliphatic rings. The molecule has 1 amide bonds. The van der Waals surface area contributed by atoms with Crippen molar-refractivity contribution in [2.75, 3.05) is 5.75 Å². The van der Waals surface area contributed by atoms with Crippen LogP contribution in [0, 0.1) is 5.92 Å². The van der Waals surface area contributed by atoms with Gasteiger partial charge in [-0.2, -0.15) is 0 Å². The third-order valence-electron chi connectivity index (χ3n) is 7.20. The van der Waals surface area contributed by atoms with Gasteiger partial charge in [-0.1, -0.05) is 120 Å². The van der Waals surface area contributed by atoms with Gasteiger partial charge in [0, 0.05) is 36.2 Å². The highest BCUT2D eigenvalue weighted by atomic mass is 35.6. The van der Waals surface area contributed by atoms with Crippen LogP contribution in [0.5, 0.6) is 0 Å². The number of amides is 1. The summed E-state index contributed by atoms with van der Waals surface area (Å²) in [6.45, 7) is 2.35. The first kappa shape index (κ1) is 31.7. The number of rotatable bonds is 9. The van der Waals surface area contributed by atoms with Crippen molar-refractivity contribution in [1.82, 2.24) is 15.3 Å². The lowest BCUT2D eigenvalue weighted by molar-refractivity contribution is -0.268. The van der Waals surface area contributed by atoms with Gasteiger partial charge in [-0.25, -0.2) is 9.97 Å². The van der Waals surface area contributed by atoms with Crippen molar-refractivity contribution in [3.8, 4) is 11.1 Å². The molecule has 5 rings (SSSR count). The topological polar surface area (TPSA) is 93.6 Å². The highest BCUT2D eigenvalue weighted by molar-refractivity contribution is 7.99. The van der Waals surface area contributed by atoms with Crippen LogP contribution < -0.4 is 5.32 Å². The van der Waals surface area contributed by atoms with Crippen molar-refractivity contribution < 1.29 is 19.4 Å². The highest BCUT2D eigenvalue weighted by Gasteiger charge is 2.38. The number of aromatic nitrogens is 2. The van der Waals surface area contributed by atoms with Crippen LogP contribution in [0.3, 0.4) is 0 Å². The summed E-state index contributed by atoms with van der Waals surface area (Å²) in [6, 6.07) is 25.5. The molecule has 1 aromatic heterocycles. The van der Waals surface area contributed by atoms with Crippen molar-refractivity contribution >= 4 is 52.5 Å². The fourth-order valence-electron chi connectivity index (χ4n) is 4.80. The van der Waals surface area contributed by atoms with E-state index in [0.717, 1.165) is 33.4 Å². The molecule has 1 fully saturated rings. The van der Waals surface area contributed by atoms with Crippen LogP contribution in [0.15, 0.2) is 96.4 Å². The van der Waals surface area contributed by atoms with E-state index in [0.29, 0.717) is 10.9 Å². The molecule has 11 heteroatoms. The number of hydrogen-bond acceptors (Lipinski definition) is 7. The van der Waals surface area contributed by atoms with E-state index in [1.165, 1.54) is 0 Å². The molecule has 4 aromatic rings. The minimum Gasteiger partial charge on any atom is -0.392 e. The van der Waals surface area contributed by atoms with Gasteiger partial charge < -0.3 is 19.9 Å². The maximum Gasteiger partial charge on any atom is 0.272 e. The lowest BCUT2D eigenvalue weighted by Crippen LogP contribution is -2.38. The maximum atomic E-state index is 11.9. The number of carbonyl (C=O) groups is 1. The molecule has 43 heavy (non-hydrogen) atoms. The second-order valence-electron chi connectivity index (χ2n) is 10.2. The normalized spacial score (nSPS) is 20.5. The second kappa shape index (κ2) is 14.4. The average molecular weight is 659 g/mol. The van der Waals surface area contributed by atoms with Gasteiger partial charge in [-0.05, 0) is 39.9 Å². The van der Waals surface area contributed by atoms with Gasteiger partial charge in [-0.15, -0.1) is 0 Å². The fourth-order valence-corrected chi connectivity index (χ4v) is 5.97. The van der Waals surface area contributed by atoms with E-state index in [4.69, 9.17) is 44.3 Å². The summed E-state index contributed by atoms with van der Waals surface area (Å²) in [5, 5.41) is 12.8. The Hall–Kier alpha value is -2.69. The van der Waals surface area contributed by atoms with Crippen molar-refractivity contribution in [2.45, 2.75) is 47.5 Å². The summed E-state index contributed by atoms with van der Waals surface area (Å²) in [7, 11) is 0. The Labute approximate surface area is 269 Å². The zero-order chi connectivity index (χ0) is 30.4. The zero-order valence-electron chi connectivity index (χ0n) is 23.2. The number of nitrogens with zero attached hydrogens (tertiary/aromatic N) is 2. The zero-order valence-corrected chi connectivity index (χ0v) is 26.3. The summed E-state index contributed by atoms with van der Waals surface area (Å²) in [4.78, 5) is 20.6. The van der Waals surface area contributed by atoms with Crippen LogP contribution in [0.4, 0.5) is 0 Å². The monoisotopic (exact) mass is 657 g/mol. The molecule has 1 aliphatic heterocycles. The van der Waals surface area contributed by atoms with Crippen molar-refractivity contribution in [1.29, 1.82) is 0 Å². The molecule has 1 saturated heterocycles. The molecular formula is C32H30Cl3N3O4S. The Morgan fingerprint density at radius 1 is 0.907 bits per heavy atom. The van der Waals surface area contributed by atoms with Gasteiger partial charge in [0.15, 0.2) is 11.4 Å². The summed E-state index contributed by atoms with van der Waals surface area (Å²) in [5.41, 5.74) is 5.61. The van der Waals surface area contributed by atoms with Gasteiger partial charge in [0.25, 0.3) is 9.70 Å². The van der Waals surface area contributed by atoms with Crippen LogP contribution >= 0.6 is 46.6 Å². The van der Waals surface area contributed by atoms with Crippen molar-refractivity contribution in [3.05, 3.63) is 114 Å². The van der Waals surface area contributed by atoms with Crippen molar-refractivity contribution in [2.24, 2.45) is 5.92 Å². The third kappa shape index (κ3) is 8.28. The van der Waals surface area contributed by atoms with E-state index in [1.807, 2.05) is 72.8 Å². The minimum atomic E-state index is -2.01. The van der Waals surface area contributed by atoms with Crippen LogP contribution in [-0.4, -0.2) is 36.6 Å². The molecule has 3 aromatic carbocycles. The lowest BCUT2D eigenvalue weighted by Gasteiger charge is -2.41. The smallest absolute Gasteiger partial charge is 0.272 e. The first-order chi connectivity index (χ1) is 20.7. The minimum absolute atomic E-state index is 0.0116. The van der Waals surface area contributed by atoms with Gasteiger partial charge in [0.2, 0.25) is 0 Å². The summed E-state index contributed by atoms with van der Waals surface area (Å²) >= 11 is 18.5. The molecule has 0 radical (unpaired) electrons. The number of nitrogens with one attached hydrogen (secondary N) is 1. The van der Waals surface area contributed by atoms with Gasteiger partial charge in [0.05, 0.1) is 18.8 Å². The van der Waals surface area contributed by atoms with Gasteiger partial charge in [0.1, 0.15) is 0 Å². The molecule has 0 unspecified atom stereocenters. The van der Waals surface area contributed by atoms with E-state index in [-0.39, 0.29) is 31.3 Å². The molecule has 4 atom stereocenters. The van der Waals surface area contributed by atoms with Crippen LogP contribution in [0.1, 0.15) is 41.6 Å². The largest absolute Gasteiger partial charge is 0.392 e. The first-order valence-electron chi connectivity index (χ1n) is 13.7. The molecule has 0 spiro atoms.